The van der Waals surface area contributed by atoms with Gasteiger partial charge in [-0.25, -0.2) is 4.98 Å². The number of aromatic nitrogens is 2. The van der Waals surface area contributed by atoms with Crippen LogP contribution in [0.3, 0.4) is 0 Å². The third-order valence-electron chi connectivity index (χ3n) is 2.00. The summed E-state index contributed by atoms with van der Waals surface area (Å²) in [7, 11) is 0. The van der Waals surface area contributed by atoms with Gasteiger partial charge < -0.3 is 4.98 Å². The molecule has 0 saturated carbocycles. The van der Waals surface area contributed by atoms with Crippen LogP contribution in [0.15, 0.2) is 36.8 Å². The Hall–Kier alpha value is -1.78. The molecular formula is C10H7F3N2. The lowest BCUT2D eigenvalue weighted by Gasteiger charge is -2.07. The van der Waals surface area contributed by atoms with Crippen molar-refractivity contribution in [1.29, 1.82) is 0 Å². The second-order valence-corrected chi connectivity index (χ2v) is 3.04. The smallest absolute Gasteiger partial charge is 0.345 e. The third-order valence-corrected chi connectivity index (χ3v) is 2.00. The van der Waals surface area contributed by atoms with E-state index in [4.69, 9.17) is 0 Å². The van der Waals surface area contributed by atoms with Crippen LogP contribution in [0.4, 0.5) is 13.2 Å². The second-order valence-electron chi connectivity index (χ2n) is 3.04. The van der Waals surface area contributed by atoms with Gasteiger partial charge in [0.05, 0.1) is 23.8 Å². The van der Waals surface area contributed by atoms with Crippen LogP contribution in [0.25, 0.3) is 11.3 Å². The lowest BCUT2D eigenvalue weighted by molar-refractivity contribution is -0.137. The molecule has 0 aliphatic carbocycles. The van der Waals surface area contributed by atoms with Gasteiger partial charge in [0, 0.05) is 5.56 Å². The zero-order chi connectivity index (χ0) is 10.9. The maximum atomic E-state index is 12.4. The normalized spacial score (nSPS) is 11.7. The molecule has 15 heavy (non-hydrogen) atoms. The number of hydrogen-bond acceptors (Lipinski definition) is 1. The standard InChI is InChI=1S/C10H7F3N2/c11-10(12,13)8-3-1-2-7(4-8)9-5-14-6-15-9/h1-6H,(H,14,15). The Balaban J connectivity index is 2.44. The summed E-state index contributed by atoms with van der Waals surface area (Å²) < 4.78 is 37.2. The summed E-state index contributed by atoms with van der Waals surface area (Å²) in [5.74, 6) is 0. The van der Waals surface area contributed by atoms with Gasteiger partial charge in [-0.05, 0) is 12.1 Å². The lowest BCUT2D eigenvalue weighted by atomic mass is 10.1. The highest BCUT2D eigenvalue weighted by Crippen LogP contribution is 2.31. The Labute approximate surface area is 83.8 Å². The third kappa shape index (κ3) is 2.01. The van der Waals surface area contributed by atoms with E-state index in [-0.39, 0.29) is 0 Å². The average Bonchev–Trinajstić information content (AvgIpc) is 2.69. The number of nitrogens with one attached hydrogen (secondary N) is 1. The van der Waals surface area contributed by atoms with Crippen molar-refractivity contribution < 1.29 is 13.2 Å². The van der Waals surface area contributed by atoms with Crippen LogP contribution in [0, 0.1) is 0 Å². The van der Waals surface area contributed by atoms with Crippen LogP contribution in [0.5, 0.6) is 0 Å². The molecule has 0 bridgehead atoms. The van der Waals surface area contributed by atoms with E-state index in [1.165, 1.54) is 18.6 Å². The molecule has 0 spiro atoms. The van der Waals surface area contributed by atoms with Crippen molar-refractivity contribution in [2.75, 3.05) is 0 Å². The molecule has 2 aromatic rings. The van der Waals surface area contributed by atoms with Crippen LogP contribution in [0.2, 0.25) is 0 Å². The Morgan fingerprint density at radius 2 is 2.00 bits per heavy atom. The number of nitrogens with zero attached hydrogens (tertiary/aromatic N) is 1. The Bertz CT molecular complexity index is 446. The molecule has 1 aromatic carbocycles. The van der Waals surface area contributed by atoms with Crippen LogP contribution < -0.4 is 0 Å². The highest BCUT2D eigenvalue weighted by Gasteiger charge is 2.30. The SMILES string of the molecule is FC(F)(F)c1cccc(-c2cnc[nH]2)c1. The van der Waals surface area contributed by atoms with Crippen molar-refractivity contribution in [3.05, 3.63) is 42.4 Å². The molecule has 0 saturated heterocycles. The molecule has 0 fully saturated rings. The van der Waals surface area contributed by atoms with Crippen molar-refractivity contribution in [3.8, 4) is 11.3 Å². The topological polar surface area (TPSA) is 28.7 Å². The number of imidazole rings is 1. The Morgan fingerprint density at radius 1 is 1.20 bits per heavy atom. The molecule has 0 aliphatic rings. The first-order chi connectivity index (χ1) is 7.07. The molecule has 1 N–H and O–H groups in total. The number of H-pyrrole nitrogens is 1. The minimum atomic E-state index is -4.31. The van der Waals surface area contributed by atoms with E-state index in [2.05, 4.69) is 9.97 Å². The summed E-state index contributed by atoms with van der Waals surface area (Å²) in [5.41, 5.74) is 0.387. The van der Waals surface area contributed by atoms with Crippen LogP contribution in [-0.4, -0.2) is 9.97 Å². The van der Waals surface area contributed by atoms with E-state index >= 15 is 0 Å². The molecule has 1 heterocycles. The monoisotopic (exact) mass is 212 g/mol. The fourth-order valence-electron chi connectivity index (χ4n) is 1.28. The Morgan fingerprint density at radius 3 is 2.60 bits per heavy atom. The quantitative estimate of drug-likeness (QED) is 0.773. The summed E-state index contributed by atoms with van der Waals surface area (Å²) >= 11 is 0. The van der Waals surface area contributed by atoms with Gasteiger partial charge in [-0.1, -0.05) is 12.1 Å². The van der Waals surface area contributed by atoms with Gasteiger partial charge in [0.1, 0.15) is 0 Å². The van der Waals surface area contributed by atoms with Gasteiger partial charge in [0.2, 0.25) is 0 Å². The molecule has 0 aliphatic heterocycles. The van der Waals surface area contributed by atoms with E-state index in [0.717, 1.165) is 12.1 Å². The van der Waals surface area contributed by atoms with Crippen LogP contribution in [0.1, 0.15) is 5.56 Å². The van der Waals surface area contributed by atoms with Crippen molar-refractivity contribution in [2.45, 2.75) is 6.18 Å². The number of rotatable bonds is 1. The summed E-state index contributed by atoms with van der Waals surface area (Å²) in [6.07, 6.45) is -1.40. The zero-order valence-corrected chi connectivity index (χ0v) is 7.55. The first-order valence-corrected chi connectivity index (χ1v) is 4.23. The minimum absolute atomic E-state index is 0.474. The van der Waals surface area contributed by atoms with Gasteiger partial charge in [-0.15, -0.1) is 0 Å². The van der Waals surface area contributed by atoms with E-state index in [9.17, 15) is 13.2 Å². The minimum Gasteiger partial charge on any atom is -0.345 e. The lowest BCUT2D eigenvalue weighted by Crippen LogP contribution is -2.04. The predicted octanol–water partition coefficient (Wildman–Crippen LogP) is 3.10. The fourth-order valence-corrected chi connectivity index (χ4v) is 1.28. The molecule has 0 radical (unpaired) electrons. The predicted molar refractivity (Wildman–Crippen MR) is 49.0 cm³/mol. The largest absolute Gasteiger partial charge is 0.416 e. The Kier molecular flexibility index (Phi) is 2.22. The molecule has 5 heteroatoms. The molecule has 0 unspecified atom stereocenters. The highest BCUT2D eigenvalue weighted by atomic mass is 19.4. The highest BCUT2D eigenvalue weighted by molar-refractivity contribution is 5.59. The average molecular weight is 212 g/mol. The second kappa shape index (κ2) is 3.42. The van der Waals surface area contributed by atoms with Crippen LogP contribution >= 0.6 is 0 Å². The summed E-state index contributed by atoms with van der Waals surface area (Å²) in [4.78, 5) is 6.51. The summed E-state index contributed by atoms with van der Waals surface area (Å²) in [6.45, 7) is 0. The zero-order valence-electron chi connectivity index (χ0n) is 7.55. The number of benzene rings is 1. The maximum Gasteiger partial charge on any atom is 0.416 e. The molecular weight excluding hydrogens is 205 g/mol. The van der Waals surface area contributed by atoms with Crippen LogP contribution in [-0.2, 0) is 6.18 Å². The number of halogens is 3. The van der Waals surface area contributed by atoms with Gasteiger partial charge in [0.15, 0.2) is 0 Å². The van der Waals surface area contributed by atoms with Gasteiger partial charge >= 0.3 is 6.18 Å². The summed E-state index contributed by atoms with van der Waals surface area (Å²) in [5, 5.41) is 0. The van der Waals surface area contributed by atoms with Gasteiger partial charge in [-0.2, -0.15) is 13.2 Å². The molecule has 2 rings (SSSR count). The van der Waals surface area contributed by atoms with E-state index in [0.29, 0.717) is 11.3 Å². The molecule has 0 atom stereocenters. The molecule has 78 valence electrons. The number of alkyl halides is 3. The van der Waals surface area contributed by atoms with Crippen molar-refractivity contribution in [2.24, 2.45) is 0 Å². The summed E-state index contributed by atoms with van der Waals surface area (Å²) in [6, 6.07) is 5.11. The first kappa shape index (κ1) is 9.76. The molecule has 2 nitrogen and oxygen atoms in total. The first-order valence-electron chi connectivity index (χ1n) is 4.23. The maximum absolute atomic E-state index is 12.4. The molecule has 1 aromatic heterocycles. The van der Waals surface area contributed by atoms with Crippen molar-refractivity contribution in [3.63, 3.8) is 0 Å². The fraction of sp³-hybridized carbons (Fsp3) is 0.100. The van der Waals surface area contributed by atoms with Gasteiger partial charge in [0.25, 0.3) is 0 Å². The van der Waals surface area contributed by atoms with E-state index < -0.39 is 11.7 Å². The molecule has 0 amide bonds. The van der Waals surface area contributed by atoms with Crippen molar-refractivity contribution >= 4 is 0 Å². The van der Waals surface area contributed by atoms with E-state index in [1.807, 2.05) is 0 Å². The number of aromatic amines is 1. The van der Waals surface area contributed by atoms with Gasteiger partial charge in [-0.3, -0.25) is 0 Å². The van der Waals surface area contributed by atoms with Crippen molar-refractivity contribution in [1.82, 2.24) is 9.97 Å². The van der Waals surface area contributed by atoms with E-state index in [1.54, 1.807) is 6.07 Å². The number of hydrogen-bond donors (Lipinski definition) is 1.